The van der Waals surface area contributed by atoms with Crippen LogP contribution in [0.3, 0.4) is 0 Å². The fourth-order valence-corrected chi connectivity index (χ4v) is 1.94. The van der Waals surface area contributed by atoms with Crippen LogP contribution in [-0.2, 0) is 16.1 Å². The van der Waals surface area contributed by atoms with Gasteiger partial charge in [0.05, 0.1) is 12.2 Å². The first-order chi connectivity index (χ1) is 8.13. The molecular formula is C12H14N2O3. The van der Waals surface area contributed by atoms with E-state index in [4.69, 9.17) is 10.5 Å². The van der Waals surface area contributed by atoms with E-state index in [0.29, 0.717) is 24.4 Å². The molecule has 1 aromatic carbocycles. The highest BCUT2D eigenvalue weighted by atomic mass is 16.5. The number of ether oxygens (including phenoxy) is 1. The number of benzene rings is 1. The van der Waals surface area contributed by atoms with Crippen LogP contribution in [-0.4, -0.2) is 29.9 Å². The molecule has 5 heteroatoms. The molecule has 0 aromatic heterocycles. The van der Waals surface area contributed by atoms with Gasteiger partial charge >= 0.3 is 5.97 Å². The quantitative estimate of drug-likeness (QED) is 0.620. The summed E-state index contributed by atoms with van der Waals surface area (Å²) in [5, 5.41) is 0. The maximum absolute atomic E-state index is 12.0. The number of nitrogens with two attached hydrogens (primary N) is 1. The molecule has 0 aliphatic carbocycles. The van der Waals surface area contributed by atoms with Gasteiger partial charge in [-0.2, -0.15) is 0 Å². The van der Waals surface area contributed by atoms with Crippen LogP contribution in [0.2, 0.25) is 0 Å². The smallest absolute Gasteiger partial charge is 0.325 e. The highest BCUT2D eigenvalue weighted by Gasteiger charge is 2.30. The van der Waals surface area contributed by atoms with Crippen LogP contribution in [0.5, 0.6) is 0 Å². The third kappa shape index (κ3) is 2.08. The zero-order valence-electron chi connectivity index (χ0n) is 9.60. The van der Waals surface area contributed by atoms with Crippen molar-refractivity contribution in [2.45, 2.75) is 13.5 Å². The number of hydrogen-bond acceptors (Lipinski definition) is 4. The highest BCUT2D eigenvalue weighted by Crippen LogP contribution is 2.27. The summed E-state index contributed by atoms with van der Waals surface area (Å²) in [7, 11) is 0. The van der Waals surface area contributed by atoms with E-state index in [2.05, 4.69) is 0 Å². The molecule has 0 saturated carbocycles. The summed E-state index contributed by atoms with van der Waals surface area (Å²) in [4.78, 5) is 24.8. The first kappa shape index (κ1) is 11.4. The number of anilines is 1. The van der Waals surface area contributed by atoms with Crippen LogP contribution in [0, 0.1) is 0 Å². The Morgan fingerprint density at radius 3 is 2.94 bits per heavy atom. The van der Waals surface area contributed by atoms with Crippen molar-refractivity contribution in [3.63, 3.8) is 0 Å². The number of nitrogens with zero attached hydrogens (tertiary/aromatic N) is 1. The van der Waals surface area contributed by atoms with Gasteiger partial charge in [0.15, 0.2) is 0 Å². The van der Waals surface area contributed by atoms with Gasteiger partial charge in [0.2, 0.25) is 0 Å². The van der Waals surface area contributed by atoms with Gasteiger partial charge in [-0.3, -0.25) is 9.59 Å². The average molecular weight is 234 g/mol. The fraction of sp³-hybridized carbons (Fsp3) is 0.333. The van der Waals surface area contributed by atoms with E-state index in [1.165, 1.54) is 4.90 Å². The topological polar surface area (TPSA) is 72.6 Å². The van der Waals surface area contributed by atoms with E-state index in [9.17, 15) is 9.59 Å². The lowest BCUT2D eigenvalue weighted by atomic mass is 10.1. The van der Waals surface area contributed by atoms with Crippen molar-refractivity contribution < 1.29 is 14.3 Å². The Labute approximate surface area is 99.2 Å². The number of carbonyl (C=O) groups excluding carboxylic acids is 2. The summed E-state index contributed by atoms with van der Waals surface area (Å²) < 4.78 is 4.82. The molecule has 0 radical (unpaired) electrons. The van der Waals surface area contributed by atoms with Crippen molar-refractivity contribution >= 4 is 17.6 Å². The first-order valence-corrected chi connectivity index (χ1v) is 5.45. The van der Waals surface area contributed by atoms with E-state index >= 15 is 0 Å². The minimum Gasteiger partial charge on any atom is -0.465 e. The van der Waals surface area contributed by atoms with E-state index < -0.39 is 5.97 Å². The summed E-state index contributed by atoms with van der Waals surface area (Å²) >= 11 is 0. The third-order valence-corrected chi connectivity index (χ3v) is 2.67. The van der Waals surface area contributed by atoms with Gasteiger partial charge < -0.3 is 15.4 Å². The molecule has 17 heavy (non-hydrogen) atoms. The number of esters is 1. The summed E-state index contributed by atoms with van der Waals surface area (Å²) in [5.74, 6) is -0.599. The minimum absolute atomic E-state index is 0.0270. The lowest BCUT2D eigenvalue weighted by Crippen LogP contribution is -2.31. The van der Waals surface area contributed by atoms with E-state index in [1.54, 1.807) is 19.1 Å². The van der Waals surface area contributed by atoms with Crippen LogP contribution in [0.1, 0.15) is 22.8 Å². The van der Waals surface area contributed by atoms with Crippen LogP contribution in [0.25, 0.3) is 0 Å². The van der Waals surface area contributed by atoms with Gasteiger partial charge in [-0.15, -0.1) is 0 Å². The van der Waals surface area contributed by atoms with Crippen LogP contribution >= 0.6 is 0 Å². The predicted octanol–water partition coefficient (Wildman–Crippen LogP) is 0.788. The number of hydrogen-bond donors (Lipinski definition) is 1. The van der Waals surface area contributed by atoms with Crippen LogP contribution in [0.4, 0.5) is 5.69 Å². The molecule has 90 valence electrons. The second-order valence-corrected chi connectivity index (χ2v) is 3.85. The Kier molecular flexibility index (Phi) is 2.99. The number of amides is 1. The zero-order valence-corrected chi connectivity index (χ0v) is 9.60. The normalized spacial score (nSPS) is 13.7. The largest absolute Gasteiger partial charge is 0.465 e. The SMILES string of the molecule is CCOC(=O)CN1Cc2cccc(N)c2C1=O. The molecule has 1 aliphatic heterocycles. The third-order valence-electron chi connectivity index (χ3n) is 2.67. The van der Waals surface area contributed by atoms with E-state index in [-0.39, 0.29) is 12.5 Å². The van der Waals surface area contributed by atoms with Gasteiger partial charge in [-0.05, 0) is 18.6 Å². The summed E-state index contributed by atoms with van der Waals surface area (Å²) in [5.41, 5.74) is 7.58. The molecule has 1 aromatic rings. The molecule has 1 heterocycles. The van der Waals surface area contributed by atoms with Crippen molar-refractivity contribution in [1.82, 2.24) is 4.90 Å². The summed E-state index contributed by atoms with van der Waals surface area (Å²) in [6, 6.07) is 5.33. The maximum Gasteiger partial charge on any atom is 0.325 e. The monoisotopic (exact) mass is 234 g/mol. The molecule has 0 saturated heterocycles. The van der Waals surface area contributed by atoms with Crippen LogP contribution < -0.4 is 5.73 Å². The van der Waals surface area contributed by atoms with Crippen LogP contribution in [0.15, 0.2) is 18.2 Å². The van der Waals surface area contributed by atoms with Crippen molar-refractivity contribution in [1.29, 1.82) is 0 Å². The molecule has 1 amide bonds. The van der Waals surface area contributed by atoms with Gasteiger partial charge in [0.1, 0.15) is 6.54 Å². The number of rotatable bonds is 3. The van der Waals surface area contributed by atoms with Crippen molar-refractivity contribution in [2.75, 3.05) is 18.9 Å². The van der Waals surface area contributed by atoms with E-state index in [0.717, 1.165) is 5.56 Å². The molecule has 0 fully saturated rings. The summed E-state index contributed by atoms with van der Waals surface area (Å²) in [6.07, 6.45) is 0. The van der Waals surface area contributed by atoms with E-state index in [1.807, 2.05) is 6.07 Å². The van der Waals surface area contributed by atoms with Gasteiger partial charge in [-0.25, -0.2) is 0 Å². The van der Waals surface area contributed by atoms with Gasteiger partial charge in [0.25, 0.3) is 5.91 Å². The Morgan fingerprint density at radius 1 is 1.53 bits per heavy atom. The van der Waals surface area contributed by atoms with Gasteiger partial charge in [0, 0.05) is 12.2 Å². The molecule has 2 N–H and O–H groups in total. The summed E-state index contributed by atoms with van der Waals surface area (Å²) in [6.45, 7) is 2.44. The molecular weight excluding hydrogens is 220 g/mol. The molecule has 1 aliphatic rings. The zero-order chi connectivity index (χ0) is 12.4. The Morgan fingerprint density at radius 2 is 2.29 bits per heavy atom. The second kappa shape index (κ2) is 4.45. The highest BCUT2D eigenvalue weighted by molar-refractivity contribution is 6.04. The molecule has 0 unspecified atom stereocenters. The average Bonchev–Trinajstić information content (AvgIpc) is 2.57. The molecule has 0 atom stereocenters. The lowest BCUT2D eigenvalue weighted by Gasteiger charge is -2.13. The number of nitrogen functional groups attached to an aromatic ring is 1. The Balaban J connectivity index is 2.15. The number of carbonyl (C=O) groups is 2. The molecule has 2 rings (SSSR count). The van der Waals surface area contributed by atoms with Crippen molar-refractivity contribution in [3.05, 3.63) is 29.3 Å². The fourth-order valence-electron chi connectivity index (χ4n) is 1.94. The molecule has 5 nitrogen and oxygen atoms in total. The Hall–Kier alpha value is -2.04. The van der Waals surface area contributed by atoms with Crippen molar-refractivity contribution in [3.8, 4) is 0 Å². The molecule has 0 spiro atoms. The molecule has 0 bridgehead atoms. The Bertz CT molecular complexity index is 471. The maximum atomic E-state index is 12.0. The first-order valence-electron chi connectivity index (χ1n) is 5.45. The minimum atomic E-state index is -0.396. The second-order valence-electron chi connectivity index (χ2n) is 3.85. The number of fused-ring (bicyclic) bond motifs is 1. The van der Waals surface area contributed by atoms with Gasteiger partial charge in [-0.1, -0.05) is 12.1 Å². The standard InChI is InChI=1S/C12H14N2O3/c1-2-17-10(15)7-14-6-8-4-3-5-9(13)11(8)12(14)16/h3-5H,2,6-7,13H2,1H3. The predicted molar refractivity (Wildman–Crippen MR) is 62.2 cm³/mol. The lowest BCUT2D eigenvalue weighted by molar-refractivity contribution is -0.143. The van der Waals surface area contributed by atoms with Crippen molar-refractivity contribution in [2.24, 2.45) is 0 Å².